The summed E-state index contributed by atoms with van der Waals surface area (Å²) in [6.45, 7) is 2.22. The Labute approximate surface area is 117 Å². The maximum atomic E-state index is 12.5. The Kier molecular flexibility index (Phi) is 2.58. The molecular formula is C15H17N3O2. The molecule has 104 valence electrons. The third-order valence-corrected chi connectivity index (χ3v) is 4.21. The van der Waals surface area contributed by atoms with Crippen molar-refractivity contribution in [1.29, 1.82) is 0 Å². The normalized spacial score (nSPS) is 23.6. The number of rotatable bonds is 0. The monoisotopic (exact) mass is 271 g/mol. The second kappa shape index (κ2) is 4.44. The largest absolute Gasteiger partial charge is 0.490 e. The zero-order valence-electron chi connectivity index (χ0n) is 11.2. The van der Waals surface area contributed by atoms with Crippen molar-refractivity contribution in [2.45, 2.75) is 18.9 Å². The van der Waals surface area contributed by atoms with Crippen LogP contribution < -0.4 is 10.2 Å². The molecule has 5 heteroatoms. The predicted molar refractivity (Wildman–Crippen MR) is 74.9 cm³/mol. The van der Waals surface area contributed by atoms with Crippen molar-refractivity contribution in [3.8, 4) is 5.75 Å². The highest BCUT2D eigenvalue weighted by Gasteiger charge is 2.38. The molecule has 1 N–H and O–H groups in total. The Hall–Kier alpha value is -2.17. The summed E-state index contributed by atoms with van der Waals surface area (Å²) < 4.78 is 5.79. The lowest BCUT2D eigenvalue weighted by atomic mass is 9.97. The molecule has 3 aliphatic heterocycles. The summed E-state index contributed by atoms with van der Waals surface area (Å²) in [6, 6.07) is 8.00. The first kappa shape index (κ1) is 11.6. The highest BCUT2D eigenvalue weighted by Crippen LogP contribution is 2.36. The molecule has 3 heterocycles. The molecule has 0 spiro atoms. The smallest absolute Gasteiger partial charge is 0.339 e. The van der Waals surface area contributed by atoms with Gasteiger partial charge in [-0.1, -0.05) is 18.2 Å². The Bertz CT molecular complexity index is 578. The number of nitrogens with zero attached hydrogens (tertiary/aromatic N) is 2. The number of nitrogens with one attached hydrogen (secondary N) is 1. The zero-order valence-corrected chi connectivity index (χ0v) is 11.2. The van der Waals surface area contributed by atoms with Gasteiger partial charge in [-0.15, -0.1) is 0 Å². The molecule has 1 fully saturated rings. The SMILES string of the molecule is O=C(N1CCCC1)N1NC=C2c3ccccc3OCC21. The van der Waals surface area contributed by atoms with E-state index in [4.69, 9.17) is 4.74 Å². The molecule has 0 aromatic heterocycles. The maximum absolute atomic E-state index is 12.5. The molecule has 5 nitrogen and oxygen atoms in total. The number of urea groups is 1. The van der Waals surface area contributed by atoms with Gasteiger partial charge in [-0.05, 0) is 18.9 Å². The number of fused-ring (bicyclic) bond motifs is 3. The molecule has 1 saturated heterocycles. The van der Waals surface area contributed by atoms with Crippen molar-refractivity contribution >= 4 is 11.6 Å². The third-order valence-electron chi connectivity index (χ3n) is 4.21. The lowest BCUT2D eigenvalue weighted by molar-refractivity contribution is 0.122. The van der Waals surface area contributed by atoms with Crippen LogP contribution in [0, 0.1) is 0 Å². The molecule has 3 aliphatic rings. The fraction of sp³-hybridized carbons (Fsp3) is 0.400. The second-order valence-electron chi connectivity index (χ2n) is 5.40. The Morgan fingerprint density at radius 3 is 2.90 bits per heavy atom. The first-order valence-electron chi connectivity index (χ1n) is 7.11. The van der Waals surface area contributed by atoms with Gasteiger partial charge < -0.3 is 15.1 Å². The molecular weight excluding hydrogens is 254 g/mol. The van der Waals surface area contributed by atoms with Crippen LogP contribution in [0.15, 0.2) is 30.5 Å². The van der Waals surface area contributed by atoms with Gasteiger partial charge in [0.1, 0.15) is 18.4 Å². The van der Waals surface area contributed by atoms with E-state index in [0.717, 1.165) is 42.8 Å². The lowest BCUT2D eigenvalue weighted by Crippen LogP contribution is -2.52. The number of carbonyl (C=O) groups is 1. The molecule has 4 rings (SSSR count). The van der Waals surface area contributed by atoms with Gasteiger partial charge in [0.25, 0.3) is 0 Å². The topological polar surface area (TPSA) is 44.8 Å². The average molecular weight is 271 g/mol. The van der Waals surface area contributed by atoms with Gasteiger partial charge in [-0.3, -0.25) is 0 Å². The van der Waals surface area contributed by atoms with E-state index in [9.17, 15) is 4.79 Å². The van der Waals surface area contributed by atoms with Crippen LogP contribution in [0.4, 0.5) is 4.79 Å². The molecule has 1 aromatic carbocycles. The van der Waals surface area contributed by atoms with E-state index in [1.807, 2.05) is 35.4 Å². The number of carbonyl (C=O) groups excluding carboxylic acids is 1. The Balaban J connectivity index is 1.59. The predicted octanol–water partition coefficient (Wildman–Crippen LogP) is 1.82. The van der Waals surface area contributed by atoms with E-state index < -0.39 is 0 Å². The maximum Gasteiger partial charge on any atom is 0.339 e. The number of hydrogen-bond donors (Lipinski definition) is 1. The van der Waals surface area contributed by atoms with E-state index in [2.05, 4.69) is 5.43 Å². The summed E-state index contributed by atoms with van der Waals surface area (Å²) >= 11 is 0. The van der Waals surface area contributed by atoms with Crippen LogP contribution in [0.2, 0.25) is 0 Å². The van der Waals surface area contributed by atoms with Gasteiger partial charge in [0.2, 0.25) is 0 Å². The van der Waals surface area contributed by atoms with E-state index in [1.165, 1.54) is 0 Å². The van der Waals surface area contributed by atoms with Gasteiger partial charge in [-0.2, -0.15) is 0 Å². The first-order valence-corrected chi connectivity index (χ1v) is 7.11. The van der Waals surface area contributed by atoms with Crippen LogP contribution in [0.3, 0.4) is 0 Å². The van der Waals surface area contributed by atoms with E-state index >= 15 is 0 Å². The minimum absolute atomic E-state index is 0.0296. The number of hydrogen-bond acceptors (Lipinski definition) is 3. The molecule has 0 saturated carbocycles. The van der Waals surface area contributed by atoms with Gasteiger partial charge in [0, 0.05) is 30.4 Å². The summed E-state index contributed by atoms with van der Waals surface area (Å²) in [4.78, 5) is 14.4. The van der Waals surface area contributed by atoms with Gasteiger partial charge in [0.15, 0.2) is 0 Å². The highest BCUT2D eigenvalue weighted by molar-refractivity contribution is 5.84. The molecule has 2 amide bonds. The van der Waals surface area contributed by atoms with Crippen molar-refractivity contribution in [2.75, 3.05) is 19.7 Å². The zero-order chi connectivity index (χ0) is 13.5. The van der Waals surface area contributed by atoms with Crippen molar-refractivity contribution in [3.63, 3.8) is 0 Å². The Morgan fingerprint density at radius 1 is 1.25 bits per heavy atom. The van der Waals surface area contributed by atoms with Crippen molar-refractivity contribution < 1.29 is 9.53 Å². The fourth-order valence-electron chi connectivity index (χ4n) is 3.13. The number of ether oxygens (including phenoxy) is 1. The second-order valence-corrected chi connectivity index (χ2v) is 5.40. The standard InChI is InChI=1S/C15H17N3O2/c19-15(17-7-3-4-8-17)18-13-10-20-14-6-2-1-5-11(14)12(13)9-16-18/h1-2,5-6,9,13,16H,3-4,7-8,10H2. The molecule has 0 radical (unpaired) electrons. The molecule has 1 unspecified atom stereocenters. The van der Waals surface area contributed by atoms with Gasteiger partial charge in [0.05, 0.1) is 0 Å². The minimum Gasteiger partial charge on any atom is -0.490 e. The number of hydrazine groups is 1. The number of benzene rings is 1. The summed E-state index contributed by atoms with van der Waals surface area (Å²) in [5.74, 6) is 0.896. The molecule has 0 bridgehead atoms. The third kappa shape index (κ3) is 1.66. The van der Waals surface area contributed by atoms with Crippen LogP contribution in [0.1, 0.15) is 18.4 Å². The fourth-order valence-corrected chi connectivity index (χ4v) is 3.13. The van der Waals surface area contributed by atoms with Crippen LogP contribution in [-0.4, -0.2) is 41.7 Å². The summed E-state index contributed by atoms with van der Waals surface area (Å²) in [5, 5.41) is 1.70. The Morgan fingerprint density at radius 2 is 2.05 bits per heavy atom. The molecule has 20 heavy (non-hydrogen) atoms. The summed E-state index contributed by atoms with van der Waals surface area (Å²) in [6.07, 6.45) is 4.13. The molecule has 0 aliphatic carbocycles. The van der Waals surface area contributed by atoms with E-state index in [-0.39, 0.29) is 12.1 Å². The molecule has 1 atom stereocenters. The van der Waals surface area contributed by atoms with Crippen molar-refractivity contribution in [3.05, 3.63) is 36.0 Å². The number of amides is 2. The van der Waals surface area contributed by atoms with Crippen molar-refractivity contribution in [1.82, 2.24) is 15.3 Å². The van der Waals surface area contributed by atoms with E-state index in [1.54, 1.807) is 5.01 Å². The quantitative estimate of drug-likeness (QED) is 0.783. The minimum atomic E-state index is -0.0296. The number of likely N-dealkylation sites (tertiary alicyclic amines) is 1. The van der Waals surface area contributed by atoms with Gasteiger partial charge >= 0.3 is 6.03 Å². The lowest BCUT2D eigenvalue weighted by Gasteiger charge is -2.32. The van der Waals surface area contributed by atoms with Crippen LogP contribution in [0.25, 0.3) is 5.57 Å². The van der Waals surface area contributed by atoms with Crippen LogP contribution in [-0.2, 0) is 0 Å². The number of para-hydroxylation sites is 1. The summed E-state index contributed by atoms with van der Waals surface area (Å²) in [5.41, 5.74) is 5.33. The van der Waals surface area contributed by atoms with Crippen LogP contribution in [0.5, 0.6) is 5.75 Å². The van der Waals surface area contributed by atoms with Crippen LogP contribution >= 0.6 is 0 Å². The van der Waals surface area contributed by atoms with Gasteiger partial charge in [-0.25, -0.2) is 9.80 Å². The highest BCUT2D eigenvalue weighted by atomic mass is 16.5. The summed E-state index contributed by atoms with van der Waals surface area (Å²) in [7, 11) is 0. The first-order chi connectivity index (χ1) is 9.84. The van der Waals surface area contributed by atoms with Crippen molar-refractivity contribution in [2.24, 2.45) is 0 Å². The average Bonchev–Trinajstić information content (AvgIpc) is 3.16. The molecule has 1 aromatic rings. The van der Waals surface area contributed by atoms with E-state index in [0.29, 0.717) is 6.61 Å².